The topological polar surface area (TPSA) is 73.1 Å². The van der Waals surface area contributed by atoms with E-state index in [9.17, 15) is 14.4 Å². The minimum atomic E-state index is -0.514. The van der Waals surface area contributed by atoms with Gasteiger partial charge in [0.05, 0.1) is 10.9 Å². The van der Waals surface area contributed by atoms with Crippen molar-refractivity contribution in [1.29, 1.82) is 0 Å². The molecule has 6 nitrogen and oxygen atoms in total. The summed E-state index contributed by atoms with van der Waals surface area (Å²) >= 11 is 0. The van der Waals surface area contributed by atoms with E-state index in [4.69, 9.17) is 0 Å². The first kappa shape index (κ1) is 16.7. The average Bonchev–Trinajstić information content (AvgIpc) is 2.60. The predicted octanol–water partition coefficient (Wildman–Crippen LogP) is 1.96. The molecule has 0 spiro atoms. The molecule has 0 aliphatic rings. The monoisotopic (exact) mass is 337 g/mol. The fourth-order valence-electron chi connectivity index (χ4n) is 2.93. The van der Waals surface area contributed by atoms with Crippen molar-refractivity contribution in [2.75, 3.05) is 5.32 Å². The Hall–Kier alpha value is -3.15. The lowest BCUT2D eigenvalue weighted by Crippen LogP contribution is -2.40. The van der Waals surface area contributed by atoms with E-state index in [1.807, 2.05) is 32.0 Å². The molecule has 3 aromatic rings. The first-order chi connectivity index (χ1) is 11.9. The smallest absolute Gasteiger partial charge is 0.324 e. The van der Waals surface area contributed by atoms with Crippen LogP contribution in [0.2, 0.25) is 0 Å². The van der Waals surface area contributed by atoms with Crippen LogP contribution in [0.4, 0.5) is 5.69 Å². The molecule has 25 heavy (non-hydrogen) atoms. The zero-order chi connectivity index (χ0) is 18.1. The van der Waals surface area contributed by atoms with Crippen LogP contribution in [0.5, 0.6) is 0 Å². The normalized spacial score (nSPS) is 10.8. The van der Waals surface area contributed by atoms with E-state index in [2.05, 4.69) is 5.32 Å². The van der Waals surface area contributed by atoms with Crippen LogP contribution in [-0.4, -0.2) is 15.0 Å². The highest BCUT2D eigenvalue weighted by molar-refractivity contribution is 5.93. The molecular formula is C19H19N3O3. The van der Waals surface area contributed by atoms with Crippen molar-refractivity contribution in [1.82, 2.24) is 9.13 Å². The summed E-state index contributed by atoms with van der Waals surface area (Å²) in [5.74, 6) is -0.316. The first-order valence-corrected chi connectivity index (χ1v) is 7.95. The lowest BCUT2D eigenvalue weighted by atomic mass is 10.1. The van der Waals surface area contributed by atoms with Crippen molar-refractivity contribution < 1.29 is 4.79 Å². The summed E-state index contributed by atoms with van der Waals surface area (Å²) in [5, 5.41) is 3.27. The van der Waals surface area contributed by atoms with E-state index < -0.39 is 5.69 Å². The molecule has 6 heteroatoms. The molecule has 0 saturated carbocycles. The second-order valence-electron chi connectivity index (χ2n) is 6.07. The third kappa shape index (κ3) is 2.98. The number of rotatable bonds is 3. The minimum absolute atomic E-state index is 0.165. The molecule has 0 fully saturated rings. The maximum Gasteiger partial charge on any atom is 0.331 e. The Kier molecular flexibility index (Phi) is 4.27. The second-order valence-corrected chi connectivity index (χ2v) is 6.07. The number of fused-ring (bicyclic) bond motifs is 1. The molecule has 0 aliphatic carbocycles. The quantitative estimate of drug-likeness (QED) is 0.794. The molecule has 2 aromatic carbocycles. The molecule has 0 atom stereocenters. The summed E-state index contributed by atoms with van der Waals surface area (Å²) in [6, 6.07) is 12.5. The van der Waals surface area contributed by atoms with Crippen LogP contribution in [-0.2, 0) is 18.4 Å². The predicted molar refractivity (Wildman–Crippen MR) is 98.0 cm³/mol. The van der Waals surface area contributed by atoms with Crippen molar-refractivity contribution in [2.24, 2.45) is 7.05 Å². The number of aromatic nitrogens is 2. The molecule has 0 aliphatic heterocycles. The summed E-state index contributed by atoms with van der Waals surface area (Å²) in [5.41, 5.74) is 2.21. The van der Waals surface area contributed by atoms with E-state index >= 15 is 0 Å². The number of hydrogen-bond donors (Lipinski definition) is 1. The highest BCUT2D eigenvalue weighted by atomic mass is 16.2. The Morgan fingerprint density at radius 3 is 2.32 bits per heavy atom. The van der Waals surface area contributed by atoms with Gasteiger partial charge in [-0.3, -0.25) is 18.7 Å². The van der Waals surface area contributed by atoms with Gasteiger partial charge in [0.25, 0.3) is 5.56 Å². The first-order valence-electron chi connectivity index (χ1n) is 7.95. The lowest BCUT2D eigenvalue weighted by molar-refractivity contribution is -0.116. The second kappa shape index (κ2) is 6.39. The Bertz CT molecular complexity index is 1070. The molecule has 1 aromatic heterocycles. The number of aryl methyl sites for hydroxylation is 2. The number of anilines is 1. The van der Waals surface area contributed by atoms with E-state index in [1.54, 1.807) is 24.3 Å². The number of carbonyl (C=O) groups is 1. The van der Waals surface area contributed by atoms with Crippen LogP contribution in [0.25, 0.3) is 10.9 Å². The number of hydrogen-bond acceptors (Lipinski definition) is 3. The minimum Gasteiger partial charge on any atom is -0.324 e. The van der Waals surface area contributed by atoms with Gasteiger partial charge in [-0.05, 0) is 37.1 Å². The number of amides is 1. The largest absolute Gasteiger partial charge is 0.331 e. The van der Waals surface area contributed by atoms with Gasteiger partial charge in [0, 0.05) is 12.7 Å². The highest BCUT2D eigenvalue weighted by Gasteiger charge is 2.14. The van der Waals surface area contributed by atoms with E-state index in [0.717, 1.165) is 21.4 Å². The van der Waals surface area contributed by atoms with Crippen molar-refractivity contribution >= 4 is 22.5 Å². The number of para-hydroxylation sites is 2. The summed E-state index contributed by atoms with van der Waals surface area (Å²) in [4.78, 5) is 37.2. The standard InChI is InChI=1S/C19H19N3O3/c1-12-7-6-8-13(2)17(12)20-16(23)11-22-15-10-5-4-9-14(15)18(24)21(3)19(22)25/h4-10H,11H2,1-3H3,(H,20,23). The fraction of sp³-hybridized carbons (Fsp3) is 0.211. The molecule has 0 bridgehead atoms. The SMILES string of the molecule is Cc1cccc(C)c1NC(=O)Cn1c(=O)n(C)c(=O)c2ccccc21. The van der Waals surface area contributed by atoms with Crippen LogP contribution >= 0.6 is 0 Å². The molecule has 0 radical (unpaired) electrons. The van der Waals surface area contributed by atoms with Gasteiger partial charge in [0.2, 0.25) is 5.91 Å². The van der Waals surface area contributed by atoms with Gasteiger partial charge in [0.1, 0.15) is 6.54 Å². The van der Waals surface area contributed by atoms with Gasteiger partial charge >= 0.3 is 5.69 Å². The fourth-order valence-corrected chi connectivity index (χ4v) is 2.93. The molecule has 0 saturated heterocycles. The van der Waals surface area contributed by atoms with Crippen molar-refractivity contribution in [3.8, 4) is 0 Å². The summed E-state index contributed by atoms with van der Waals surface area (Å²) in [6.45, 7) is 3.66. The van der Waals surface area contributed by atoms with Crippen LogP contribution in [0, 0.1) is 13.8 Å². The maximum atomic E-state index is 12.5. The summed E-state index contributed by atoms with van der Waals surface area (Å²) in [7, 11) is 1.41. The van der Waals surface area contributed by atoms with Crippen molar-refractivity contribution in [3.05, 3.63) is 74.4 Å². The van der Waals surface area contributed by atoms with Crippen molar-refractivity contribution in [2.45, 2.75) is 20.4 Å². The Labute approximate surface area is 144 Å². The van der Waals surface area contributed by atoms with E-state index in [-0.39, 0.29) is 18.0 Å². The molecule has 1 N–H and O–H groups in total. The van der Waals surface area contributed by atoms with Gasteiger partial charge in [-0.1, -0.05) is 30.3 Å². The Morgan fingerprint density at radius 2 is 1.64 bits per heavy atom. The Balaban J connectivity index is 2.03. The van der Waals surface area contributed by atoms with E-state index in [1.165, 1.54) is 11.6 Å². The van der Waals surface area contributed by atoms with Crippen LogP contribution in [0.15, 0.2) is 52.1 Å². The molecule has 128 valence electrons. The molecule has 1 amide bonds. The number of nitrogens with one attached hydrogen (secondary N) is 1. The van der Waals surface area contributed by atoms with Gasteiger partial charge in [-0.15, -0.1) is 0 Å². The molecule has 3 rings (SSSR count). The maximum absolute atomic E-state index is 12.5. The Morgan fingerprint density at radius 1 is 1.00 bits per heavy atom. The third-order valence-corrected chi connectivity index (χ3v) is 4.29. The van der Waals surface area contributed by atoms with Crippen LogP contribution in [0.3, 0.4) is 0 Å². The van der Waals surface area contributed by atoms with E-state index in [0.29, 0.717) is 10.9 Å². The molecular weight excluding hydrogens is 318 g/mol. The molecule has 0 unspecified atom stereocenters. The number of nitrogens with zero attached hydrogens (tertiary/aromatic N) is 2. The van der Waals surface area contributed by atoms with Gasteiger partial charge in [0.15, 0.2) is 0 Å². The number of carbonyl (C=O) groups excluding carboxylic acids is 1. The summed E-state index contributed by atoms with van der Waals surface area (Å²) in [6.07, 6.45) is 0. The highest BCUT2D eigenvalue weighted by Crippen LogP contribution is 2.19. The zero-order valence-electron chi connectivity index (χ0n) is 14.4. The lowest BCUT2D eigenvalue weighted by Gasteiger charge is -2.14. The van der Waals surface area contributed by atoms with Crippen LogP contribution in [0.1, 0.15) is 11.1 Å². The van der Waals surface area contributed by atoms with Crippen molar-refractivity contribution in [3.63, 3.8) is 0 Å². The van der Waals surface area contributed by atoms with Crippen LogP contribution < -0.4 is 16.6 Å². The van der Waals surface area contributed by atoms with Gasteiger partial charge in [-0.2, -0.15) is 0 Å². The molecule has 1 heterocycles. The number of benzene rings is 2. The van der Waals surface area contributed by atoms with Gasteiger partial charge in [-0.25, -0.2) is 4.79 Å². The third-order valence-electron chi connectivity index (χ3n) is 4.29. The van der Waals surface area contributed by atoms with Gasteiger partial charge < -0.3 is 5.32 Å². The summed E-state index contributed by atoms with van der Waals surface area (Å²) < 4.78 is 2.34. The zero-order valence-corrected chi connectivity index (χ0v) is 14.4. The average molecular weight is 337 g/mol.